The molecular weight excluding hydrogens is 383 g/mol. The lowest BCUT2D eigenvalue weighted by Gasteiger charge is -2.19. The van der Waals surface area contributed by atoms with Gasteiger partial charge in [-0.05, 0) is 30.3 Å². The van der Waals surface area contributed by atoms with Gasteiger partial charge in [-0.2, -0.15) is 13.2 Å². The summed E-state index contributed by atoms with van der Waals surface area (Å²) in [5.74, 6) is 0.631. The van der Waals surface area contributed by atoms with Crippen LogP contribution in [0.25, 0.3) is 0 Å². The largest absolute Gasteiger partial charge is 0.486 e. The zero-order valence-corrected chi connectivity index (χ0v) is 14.0. The molecule has 0 radical (unpaired) electrons. The molecule has 0 unspecified atom stereocenters. The summed E-state index contributed by atoms with van der Waals surface area (Å²) in [4.78, 5) is -0.190. The standard InChI is InChI=1S/C15H11ClF3NO4S/c16-11-3-1-9(15(17,18)19)7-12(11)20-25(21,22)10-2-4-13-14(8-10)24-6-5-23-13/h1-4,7-8,20H,5-6H2. The van der Waals surface area contributed by atoms with E-state index in [0.717, 1.165) is 12.1 Å². The smallest absolute Gasteiger partial charge is 0.416 e. The second-order valence-corrected chi connectivity index (χ2v) is 7.19. The van der Waals surface area contributed by atoms with Crippen molar-refractivity contribution in [3.05, 3.63) is 47.0 Å². The summed E-state index contributed by atoms with van der Waals surface area (Å²) in [6.45, 7) is 0.612. The monoisotopic (exact) mass is 393 g/mol. The summed E-state index contributed by atoms with van der Waals surface area (Å²) in [6.07, 6.45) is -4.62. The van der Waals surface area contributed by atoms with Crippen LogP contribution >= 0.6 is 11.6 Å². The van der Waals surface area contributed by atoms with Gasteiger partial charge in [-0.3, -0.25) is 4.72 Å². The molecule has 1 aliphatic heterocycles. The van der Waals surface area contributed by atoms with Crippen LogP contribution in [0, 0.1) is 0 Å². The number of fused-ring (bicyclic) bond motifs is 1. The number of hydrogen-bond acceptors (Lipinski definition) is 4. The fraction of sp³-hybridized carbons (Fsp3) is 0.200. The Morgan fingerprint density at radius 1 is 1.00 bits per heavy atom. The topological polar surface area (TPSA) is 64.6 Å². The fourth-order valence-corrected chi connectivity index (χ4v) is 3.48. The molecule has 134 valence electrons. The van der Waals surface area contributed by atoms with Gasteiger partial charge in [0.25, 0.3) is 10.0 Å². The van der Waals surface area contributed by atoms with Gasteiger partial charge in [-0.1, -0.05) is 11.6 Å². The number of nitrogens with one attached hydrogen (secondary N) is 1. The van der Waals surface area contributed by atoms with E-state index in [9.17, 15) is 21.6 Å². The first kappa shape index (κ1) is 17.7. The SMILES string of the molecule is O=S(=O)(Nc1cc(C(F)(F)F)ccc1Cl)c1ccc2c(c1)OCCO2. The molecule has 2 aromatic carbocycles. The summed E-state index contributed by atoms with van der Waals surface area (Å²) in [7, 11) is -4.17. The molecule has 3 rings (SSSR count). The Kier molecular flexibility index (Phi) is 4.46. The van der Waals surface area contributed by atoms with Crippen LogP contribution in [0.5, 0.6) is 11.5 Å². The molecule has 2 aromatic rings. The van der Waals surface area contributed by atoms with Gasteiger partial charge in [0.1, 0.15) is 13.2 Å². The minimum absolute atomic E-state index is 0.158. The normalized spacial score (nSPS) is 14.2. The lowest BCUT2D eigenvalue weighted by Crippen LogP contribution is -2.17. The van der Waals surface area contributed by atoms with Crippen molar-refractivity contribution >= 4 is 27.3 Å². The zero-order valence-electron chi connectivity index (χ0n) is 12.4. The quantitative estimate of drug-likeness (QED) is 0.858. The molecular formula is C15H11ClF3NO4S. The minimum Gasteiger partial charge on any atom is -0.486 e. The zero-order chi connectivity index (χ0) is 18.2. The Morgan fingerprint density at radius 3 is 2.36 bits per heavy atom. The molecule has 0 aromatic heterocycles. The predicted molar refractivity (Wildman–Crippen MR) is 84.7 cm³/mol. The summed E-state index contributed by atoms with van der Waals surface area (Å²) < 4.78 is 76.0. The number of ether oxygens (including phenoxy) is 2. The number of hydrogen-bond donors (Lipinski definition) is 1. The summed E-state index contributed by atoms with van der Waals surface area (Å²) in [6, 6.07) is 6.29. The Bertz CT molecular complexity index is 915. The van der Waals surface area contributed by atoms with E-state index in [1.54, 1.807) is 0 Å². The molecule has 0 aliphatic carbocycles. The maximum absolute atomic E-state index is 12.8. The van der Waals surface area contributed by atoms with E-state index in [4.69, 9.17) is 21.1 Å². The van der Waals surface area contributed by atoms with Crippen molar-refractivity contribution in [2.45, 2.75) is 11.1 Å². The van der Waals surface area contributed by atoms with Crippen LogP contribution < -0.4 is 14.2 Å². The average Bonchev–Trinajstić information content (AvgIpc) is 2.55. The molecule has 25 heavy (non-hydrogen) atoms. The molecule has 10 heteroatoms. The van der Waals surface area contributed by atoms with Crippen LogP contribution in [0.4, 0.5) is 18.9 Å². The van der Waals surface area contributed by atoms with Gasteiger partial charge in [-0.15, -0.1) is 0 Å². The van der Waals surface area contributed by atoms with E-state index in [2.05, 4.69) is 4.72 Å². The molecule has 0 atom stereocenters. The third-order valence-corrected chi connectivity index (χ3v) is 5.05. The Morgan fingerprint density at radius 2 is 1.68 bits per heavy atom. The molecule has 5 nitrogen and oxygen atoms in total. The van der Waals surface area contributed by atoms with Crippen LogP contribution in [0.3, 0.4) is 0 Å². The van der Waals surface area contributed by atoms with E-state index in [-0.39, 0.29) is 28.0 Å². The lowest BCUT2D eigenvalue weighted by molar-refractivity contribution is -0.137. The van der Waals surface area contributed by atoms with E-state index < -0.39 is 21.8 Å². The van der Waals surface area contributed by atoms with Crippen molar-refractivity contribution in [1.82, 2.24) is 0 Å². The van der Waals surface area contributed by atoms with Crippen molar-refractivity contribution in [1.29, 1.82) is 0 Å². The second kappa shape index (κ2) is 6.30. The highest BCUT2D eigenvalue weighted by Gasteiger charge is 2.31. The number of sulfonamides is 1. The van der Waals surface area contributed by atoms with E-state index in [1.807, 2.05) is 0 Å². The highest BCUT2D eigenvalue weighted by atomic mass is 35.5. The van der Waals surface area contributed by atoms with Gasteiger partial charge in [-0.25, -0.2) is 8.42 Å². The van der Waals surface area contributed by atoms with Gasteiger partial charge in [0, 0.05) is 6.07 Å². The molecule has 0 amide bonds. The molecule has 0 fully saturated rings. The van der Waals surface area contributed by atoms with Gasteiger partial charge in [0.05, 0.1) is 21.2 Å². The number of benzene rings is 2. The third kappa shape index (κ3) is 3.77. The first-order valence-electron chi connectivity index (χ1n) is 6.96. The number of rotatable bonds is 3. The first-order valence-corrected chi connectivity index (χ1v) is 8.82. The predicted octanol–water partition coefficient (Wildman–Crippen LogP) is 3.93. The average molecular weight is 394 g/mol. The maximum atomic E-state index is 12.8. The van der Waals surface area contributed by atoms with Crippen molar-refractivity contribution < 1.29 is 31.1 Å². The molecule has 1 heterocycles. The van der Waals surface area contributed by atoms with Gasteiger partial charge in [0.2, 0.25) is 0 Å². The molecule has 1 aliphatic rings. The van der Waals surface area contributed by atoms with Gasteiger partial charge in [0.15, 0.2) is 11.5 Å². The molecule has 0 spiro atoms. The fourth-order valence-electron chi connectivity index (χ4n) is 2.17. The highest BCUT2D eigenvalue weighted by molar-refractivity contribution is 7.92. The summed E-state index contributed by atoms with van der Waals surface area (Å²) in [5.41, 5.74) is -1.39. The highest BCUT2D eigenvalue weighted by Crippen LogP contribution is 2.36. The maximum Gasteiger partial charge on any atom is 0.416 e. The summed E-state index contributed by atoms with van der Waals surface area (Å²) in [5, 5.41) is -0.158. The van der Waals surface area contributed by atoms with Crippen LogP contribution in [-0.2, 0) is 16.2 Å². The van der Waals surface area contributed by atoms with Crippen molar-refractivity contribution in [3.8, 4) is 11.5 Å². The summed E-state index contributed by atoms with van der Waals surface area (Å²) >= 11 is 5.82. The van der Waals surface area contributed by atoms with Crippen LogP contribution in [0.2, 0.25) is 5.02 Å². The number of halogens is 4. The minimum atomic E-state index is -4.62. The number of alkyl halides is 3. The van der Waals surface area contributed by atoms with Crippen LogP contribution in [0.1, 0.15) is 5.56 Å². The van der Waals surface area contributed by atoms with E-state index >= 15 is 0 Å². The third-order valence-electron chi connectivity index (χ3n) is 3.36. The molecule has 0 saturated carbocycles. The number of anilines is 1. The van der Waals surface area contributed by atoms with E-state index in [1.165, 1.54) is 18.2 Å². The Labute approximate surface area is 146 Å². The van der Waals surface area contributed by atoms with Crippen molar-refractivity contribution in [2.75, 3.05) is 17.9 Å². The molecule has 0 bridgehead atoms. The molecule has 0 saturated heterocycles. The lowest BCUT2D eigenvalue weighted by atomic mass is 10.2. The van der Waals surface area contributed by atoms with Gasteiger partial charge >= 0.3 is 6.18 Å². The van der Waals surface area contributed by atoms with Crippen LogP contribution in [-0.4, -0.2) is 21.6 Å². The first-order chi connectivity index (χ1) is 11.7. The van der Waals surface area contributed by atoms with Crippen LogP contribution in [0.15, 0.2) is 41.3 Å². The Balaban J connectivity index is 1.94. The second-order valence-electron chi connectivity index (χ2n) is 5.10. The van der Waals surface area contributed by atoms with E-state index in [0.29, 0.717) is 18.4 Å². The van der Waals surface area contributed by atoms with Crippen molar-refractivity contribution in [2.24, 2.45) is 0 Å². The Hall–Kier alpha value is -2.13. The molecule has 1 N–H and O–H groups in total. The van der Waals surface area contributed by atoms with Gasteiger partial charge < -0.3 is 9.47 Å². The van der Waals surface area contributed by atoms with Crippen molar-refractivity contribution in [3.63, 3.8) is 0 Å².